The third-order valence-corrected chi connectivity index (χ3v) is 9.96. The van der Waals surface area contributed by atoms with Crippen LogP contribution in [0.3, 0.4) is 0 Å². The number of aliphatic hydroxyl groups is 1. The minimum absolute atomic E-state index is 0.256. The second-order valence-corrected chi connectivity index (χ2v) is 13.2. The Bertz CT molecular complexity index is 1670. The maximum atomic E-state index is 11.0. The molecule has 5 aromatic rings. The molecule has 226 valence electrons. The van der Waals surface area contributed by atoms with Crippen molar-refractivity contribution in [2.45, 2.75) is 38.5 Å². The second kappa shape index (κ2) is 13.1. The van der Waals surface area contributed by atoms with Crippen LogP contribution in [-0.2, 0) is 19.4 Å². The van der Waals surface area contributed by atoms with Gasteiger partial charge in [0.25, 0.3) is 0 Å². The van der Waals surface area contributed by atoms with Gasteiger partial charge in [0, 0.05) is 39.3 Å². The third-order valence-electron chi connectivity index (χ3n) is 8.98. The Hall–Kier alpha value is -3.75. The van der Waals surface area contributed by atoms with Crippen LogP contribution in [0.1, 0.15) is 38.9 Å². The number of piperazine rings is 1. The van der Waals surface area contributed by atoms with E-state index in [1.54, 1.807) is 11.3 Å². The molecular formula is C37H40N4O2S. The average Bonchev–Trinajstić information content (AvgIpc) is 3.37. The summed E-state index contributed by atoms with van der Waals surface area (Å²) in [7, 11) is 0. The molecule has 1 saturated heterocycles. The fourth-order valence-corrected chi connectivity index (χ4v) is 7.68. The topological polar surface area (TPSA) is 60.9 Å². The van der Waals surface area contributed by atoms with Crippen LogP contribution >= 0.6 is 11.3 Å². The molecule has 1 unspecified atom stereocenters. The van der Waals surface area contributed by atoms with Crippen molar-refractivity contribution in [3.63, 3.8) is 0 Å². The average molecular weight is 605 g/mol. The first-order chi connectivity index (χ1) is 21.6. The van der Waals surface area contributed by atoms with Crippen LogP contribution < -0.4 is 10.1 Å². The summed E-state index contributed by atoms with van der Waals surface area (Å²) in [6, 6.07) is 32.7. The minimum atomic E-state index is -0.569. The molecule has 2 N–H and O–H groups in total. The van der Waals surface area contributed by atoms with Gasteiger partial charge in [-0.15, -0.1) is 11.3 Å². The van der Waals surface area contributed by atoms with E-state index in [-0.39, 0.29) is 12.6 Å². The Kier molecular flexibility index (Phi) is 8.62. The molecule has 44 heavy (non-hydrogen) atoms. The van der Waals surface area contributed by atoms with Crippen molar-refractivity contribution in [1.82, 2.24) is 14.8 Å². The van der Waals surface area contributed by atoms with Crippen LogP contribution in [0.2, 0.25) is 0 Å². The van der Waals surface area contributed by atoms with Gasteiger partial charge >= 0.3 is 0 Å². The number of anilines is 1. The number of rotatable bonds is 9. The van der Waals surface area contributed by atoms with E-state index in [2.05, 4.69) is 87.9 Å². The predicted octanol–water partition coefficient (Wildman–Crippen LogP) is 6.46. The Balaban J connectivity index is 0.967. The first-order valence-corrected chi connectivity index (χ1v) is 16.5. The highest BCUT2D eigenvalue weighted by molar-refractivity contribution is 7.19. The van der Waals surface area contributed by atoms with Gasteiger partial charge in [-0.3, -0.25) is 9.80 Å². The number of thiazole rings is 1. The molecule has 0 bridgehead atoms. The van der Waals surface area contributed by atoms with Gasteiger partial charge in [0.2, 0.25) is 0 Å². The molecule has 1 aromatic heterocycles. The van der Waals surface area contributed by atoms with Crippen LogP contribution in [0.15, 0.2) is 91.0 Å². The number of nitrogens with one attached hydrogen (secondary N) is 1. The quantitative estimate of drug-likeness (QED) is 0.201. The summed E-state index contributed by atoms with van der Waals surface area (Å²) in [5, 5.41) is 15.5. The number of benzene rings is 4. The number of hydrogen-bond acceptors (Lipinski definition) is 7. The van der Waals surface area contributed by atoms with E-state index in [0.717, 1.165) is 72.2 Å². The standard InChI is InChI=1S/C37H40N4O2S/c1-26-39-35-33(38-23-27-9-3-2-4-10-27)17-18-34(37(35)44-26)43-25-30(42)24-40-19-21-41(22-20-40)36-31-13-7-5-11-28(31)15-16-29-12-6-8-14-32(29)36/h2-14,17-18,30,36,38,42H,15-16,19-25H2,1H3. The van der Waals surface area contributed by atoms with E-state index >= 15 is 0 Å². The normalized spacial score (nSPS) is 16.7. The molecule has 1 aliphatic heterocycles. The van der Waals surface area contributed by atoms with Crippen molar-refractivity contribution in [1.29, 1.82) is 0 Å². The lowest BCUT2D eigenvalue weighted by Gasteiger charge is -2.40. The molecule has 6 nitrogen and oxygen atoms in total. The maximum Gasteiger partial charge on any atom is 0.139 e. The second-order valence-electron chi connectivity index (χ2n) is 12.0. The van der Waals surface area contributed by atoms with Crippen LogP contribution in [0.5, 0.6) is 5.75 Å². The molecule has 7 heteroatoms. The smallest absolute Gasteiger partial charge is 0.139 e. The molecule has 1 atom stereocenters. The van der Waals surface area contributed by atoms with E-state index in [0.29, 0.717) is 6.54 Å². The highest BCUT2D eigenvalue weighted by atomic mass is 32.1. The minimum Gasteiger partial charge on any atom is -0.489 e. The lowest BCUT2D eigenvalue weighted by atomic mass is 9.92. The molecule has 0 spiro atoms. The van der Waals surface area contributed by atoms with E-state index < -0.39 is 6.10 Å². The number of nitrogens with zero attached hydrogens (tertiary/aromatic N) is 3. The number of fused-ring (bicyclic) bond motifs is 3. The van der Waals surface area contributed by atoms with E-state index in [9.17, 15) is 5.11 Å². The number of ether oxygens (including phenoxy) is 1. The molecule has 0 saturated carbocycles. The van der Waals surface area contributed by atoms with Gasteiger partial charge < -0.3 is 15.2 Å². The highest BCUT2D eigenvalue weighted by Crippen LogP contribution is 2.38. The van der Waals surface area contributed by atoms with Gasteiger partial charge in [0.1, 0.15) is 24.0 Å². The van der Waals surface area contributed by atoms with Crippen molar-refractivity contribution in [3.05, 3.63) is 124 Å². The van der Waals surface area contributed by atoms with Gasteiger partial charge in [-0.25, -0.2) is 4.98 Å². The van der Waals surface area contributed by atoms with Gasteiger partial charge in [0.05, 0.1) is 21.4 Å². The first-order valence-electron chi connectivity index (χ1n) is 15.7. The van der Waals surface area contributed by atoms with Gasteiger partial charge in [-0.05, 0) is 59.7 Å². The molecule has 0 radical (unpaired) electrons. The van der Waals surface area contributed by atoms with Crippen LogP contribution in [0, 0.1) is 6.92 Å². The van der Waals surface area contributed by atoms with Crippen LogP contribution in [-0.4, -0.2) is 65.3 Å². The summed E-state index contributed by atoms with van der Waals surface area (Å²) in [6.07, 6.45) is 1.62. The number of hydrogen-bond donors (Lipinski definition) is 2. The van der Waals surface area contributed by atoms with E-state index in [1.165, 1.54) is 27.8 Å². The molecule has 7 rings (SSSR count). The number of aryl methyl sites for hydroxylation is 3. The Morgan fingerprint density at radius 2 is 1.52 bits per heavy atom. The Morgan fingerprint density at radius 3 is 2.23 bits per heavy atom. The third kappa shape index (κ3) is 6.24. The molecule has 2 aliphatic rings. The molecule has 1 aliphatic carbocycles. The molecule has 1 fully saturated rings. The summed E-state index contributed by atoms with van der Waals surface area (Å²) in [4.78, 5) is 9.80. The van der Waals surface area contributed by atoms with Crippen LogP contribution in [0.4, 0.5) is 5.69 Å². The predicted molar refractivity (Wildman–Crippen MR) is 180 cm³/mol. The summed E-state index contributed by atoms with van der Waals surface area (Å²) >= 11 is 1.63. The maximum absolute atomic E-state index is 11.0. The fourth-order valence-electron chi connectivity index (χ4n) is 6.77. The number of β-amino-alcohol motifs (C(OH)–C–C–N with tert-alkyl or cyclic N) is 1. The monoisotopic (exact) mass is 604 g/mol. The number of aromatic nitrogens is 1. The molecule has 0 amide bonds. The molecular weight excluding hydrogens is 565 g/mol. The van der Waals surface area contributed by atoms with Crippen molar-refractivity contribution in [3.8, 4) is 5.75 Å². The van der Waals surface area contributed by atoms with Gasteiger partial charge in [0.15, 0.2) is 0 Å². The summed E-state index contributed by atoms with van der Waals surface area (Å²) in [5.74, 6) is 0.783. The SMILES string of the molecule is Cc1nc2c(NCc3ccccc3)ccc(OCC(O)CN3CCN(C4c5ccccc5CCc5ccccc54)CC3)c2s1. The van der Waals surface area contributed by atoms with Crippen molar-refractivity contribution in [2.24, 2.45) is 0 Å². The van der Waals surface area contributed by atoms with Crippen LogP contribution in [0.25, 0.3) is 10.2 Å². The largest absolute Gasteiger partial charge is 0.489 e. The van der Waals surface area contributed by atoms with Gasteiger partial charge in [-0.1, -0.05) is 78.9 Å². The fraction of sp³-hybridized carbons (Fsp3) is 0.324. The summed E-state index contributed by atoms with van der Waals surface area (Å²) in [6.45, 7) is 7.42. The Morgan fingerprint density at radius 1 is 0.864 bits per heavy atom. The first kappa shape index (κ1) is 29.0. The van der Waals surface area contributed by atoms with Gasteiger partial charge in [-0.2, -0.15) is 0 Å². The lowest BCUT2D eigenvalue weighted by molar-refractivity contribution is 0.0404. The zero-order valence-electron chi connectivity index (χ0n) is 25.3. The van der Waals surface area contributed by atoms with Crippen molar-refractivity contribution >= 4 is 27.2 Å². The molecule has 4 aromatic carbocycles. The molecule has 2 heterocycles. The Labute approximate surface area is 263 Å². The van der Waals surface area contributed by atoms with E-state index in [1.807, 2.05) is 25.1 Å². The summed E-state index contributed by atoms with van der Waals surface area (Å²) < 4.78 is 7.24. The van der Waals surface area contributed by atoms with Crippen molar-refractivity contribution in [2.75, 3.05) is 44.6 Å². The van der Waals surface area contributed by atoms with E-state index in [4.69, 9.17) is 9.72 Å². The zero-order valence-corrected chi connectivity index (χ0v) is 26.1. The van der Waals surface area contributed by atoms with Crippen molar-refractivity contribution < 1.29 is 9.84 Å². The lowest BCUT2D eigenvalue weighted by Crippen LogP contribution is -2.50. The number of aliphatic hydroxyl groups excluding tert-OH is 1. The summed E-state index contributed by atoms with van der Waals surface area (Å²) in [5.41, 5.74) is 8.98. The highest BCUT2D eigenvalue weighted by Gasteiger charge is 2.31. The zero-order chi connectivity index (χ0) is 29.9.